The molecule has 0 aliphatic carbocycles. The van der Waals surface area contributed by atoms with Crippen molar-refractivity contribution in [3.8, 4) is 0 Å². The van der Waals surface area contributed by atoms with Crippen LogP contribution in [-0.4, -0.2) is 16.9 Å². The van der Waals surface area contributed by atoms with E-state index in [1.54, 1.807) is 0 Å². The van der Waals surface area contributed by atoms with Crippen LogP contribution in [-0.2, 0) is 0 Å². The van der Waals surface area contributed by atoms with Gasteiger partial charge in [-0.3, -0.25) is 4.98 Å². The Morgan fingerprint density at radius 3 is 2.14 bits per heavy atom. The SMILES string of the molecule is O=C([O-])c1ccnc(C(=O)[O-])c1.[Na+].[Na+]. The van der Waals surface area contributed by atoms with E-state index in [-0.39, 0.29) is 64.7 Å². The van der Waals surface area contributed by atoms with E-state index < -0.39 is 17.6 Å². The van der Waals surface area contributed by atoms with Crippen molar-refractivity contribution < 1.29 is 78.9 Å². The van der Waals surface area contributed by atoms with Crippen molar-refractivity contribution in [3.63, 3.8) is 0 Å². The number of nitrogens with zero attached hydrogens (tertiary/aromatic N) is 1. The molecule has 0 fully saturated rings. The van der Waals surface area contributed by atoms with Crippen LogP contribution in [0.15, 0.2) is 18.3 Å². The first-order valence-electron chi connectivity index (χ1n) is 3.00. The zero-order valence-electron chi connectivity index (χ0n) is 7.81. The van der Waals surface area contributed by atoms with Crippen molar-refractivity contribution in [1.82, 2.24) is 4.98 Å². The predicted molar refractivity (Wildman–Crippen MR) is 32.9 cm³/mol. The monoisotopic (exact) mass is 211 g/mol. The van der Waals surface area contributed by atoms with Gasteiger partial charge in [0.2, 0.25) is 0 Å². The number of carbonyl (C=O) groups is 2. The molecule has 14 heavy (non-hydrogen) atoms. The van der Waals surface area contributed by atoms with E-state index in [4.69, 9.17) is 0 Å². The van der Waals surface area contributed by atoms with Gasteiger partial charge in [0.25, 0.3) is 0 Å². The first-order valence-corrected chi connectivity index (χ1v) is 3.00. The van der Waals surface area contributed by atoms with Gasteiger partial charge in [0.1, 0.15) is 0 Å². The minimum atomic E-state index is -1.52. The summed E-state index contributed by atoms with van der Waals surface area (Å²) in [5, 5.41) is 20.4. The maximum atomic E-state index is 10.2. The summed E-state index contributed by atoms with van der Waals surface area (Å²) >= 11 is 0. The smallest absolute Gasteiger partial charge is 0.545 e. The van der Waals surface area contributed by atoms with Crippen LogP contribution in [0.2, 0.25) is 0 Å². The minimum absolute atomic E-state index is 0. The average Bonchev–Trinajstić information content (AvgIpc) is 2.04. The van der Waals surface area contributed by atoms with Crippen molar-refractivity contribution >= 4 is 11.9 Å². The molecule has 0 saturated carbocycles. The molecule has 1 rings (SSSR count). The van der Waals surface area contributed by atoms with Crippen molar-refractivity contribution in [3.05, 3.63) is 29.6 Å². The van der Waals surface area contributed by atoms with Gasteiger partial charge in [0, 0.05) is 11.8 Å². The molecule has 0 aliphatic rings. The Bertz CT molecular complexity index is 313. The fourth-order valence-corrected chi connectivity index (χ4v) is 0.669. The fourth-order valence-electron chi connectivity index (χ4n) is 0.669. The van der Waals surface area contributed by atoms with Crippen LogP contribution < -0.4 is 69.3 Å². The molecule has 62 valence electrons. The predicted octanol–water partition coefficient (Wildman–Crippen LogP) is -8.18. The molecule has 7 heteroatoms. The molecule has 0 saturated heterocycles. The standard InChI is InChI=1S/C7H5NO4.2Na/c9-6(10)4-1-2-8-5(3-4)7(11)12;;/h1-3H,(H,9,10)(H,11,12);;/q;2*+1/p-2. The molecule has 5 nitrogen and oxygen atoms in total. The van der Waals surface area contributed by atoms with E-state index in [9.17, 15) is 19.8 Å². The maximum Gasteiger partial charge on any atom is 1.00 e. The zero-order chi connectivity index (χ0) is 9.14. The van der Waals surface area contributed by atoms with E-state index in [1.165, 1.54) is 0 Å². The van der Waals surface area contributed by atoms with Gasteiger partial charge in [-0.2, -0.15) is 0 Å². The molecule has 0 N–H and O–H groups in total. The van der Waals surface area contributed by atoms with Gasteiger partial charge < -0.3 is 19.8 Å². The number of hydrogen-bond acceptors (Lipinski definition) is 5. The van der Waals surface area contributed by atoms with Crippen LogP contribution in [0, 0.1) is 0 Å². The van der Waals surface area contributed by atoms with Crippen molar-refractivity contribution in [2.75, 3.05) is 0 Å². The molecule has 1 aromatic rings. The van der Waals surface area contributed by atoms with E-state index in [1.807, 2.05) is 0 Å². The summed E-state index contributed by atoms with van der Waals surface area (Å²) in [5.74, 6) is -2.96. The Kier molecular flexibility index (Phi) is 8.72. The van der Waals surface area contributed by atoms with Gasteiger partial charge in [-0.05, 0) is 12.1 Å². The van der Waals surface area contributed by atoms with Crippen LogP contribution in [0.3, 0.4) is 0 Å². The molecule has 1 aromatic heterocycles. The number of hydrogen-bond donors (Lipinski definition) is 0. The topological polar surface area (TPSA) is 93.2 Å². The molecule has 0 aromatic carbocycles. The van der Waals surface area contributed by atoms with Crippen LogP contribution in [0.1, 0.15) is 20.8 Å². The Morgan fingerprint density at radius 1 is 1.14 bits per heavy atom. The second-order valence-electron chi connectivity index (χ2n) is 2.00. The number of pyridine rings is 1. The third kappa shape index (κ3) is 4.54. The van der Waals surface area contributed by atoms with Crippen LogP contribution in [0.25, 0.3) is 0 Å². The molecular weight excluding hydrogens is 208 g/mol. The first-order chi connectivity index (χ1) is 5.61. The maximum absolute atomic E-state index is 10.2. The number of aromatic carboxylic acids is 2. The zero-order valence-corrected chi connectivity index (χ0v) is 11.8. The summed E-state index contributed by atoms with van der Waals surface area (Å²) < 4.78 is 0. The minimum Gasteiger partial charge on any atom is -0.545 e. The largest absolute Gasteiger partial charge is 1.00 e. The van der Waals surface area contributed by atoms with Gasteiger partial charge in [0.05, 0.1) is 17.6 Å². The quantitative estimate of drug-likeness (QED) is 0.453. The molecule has 0 bridgehead atoms. The summed E-state index contributed by atoms with van der Waals surface area (Å²) in [6, 6.07) is 2.02. The third-order valence-corrected chi connectivity index (χ3v) is 1.20. The number of carboxylic acids is 2. The van der Waals surface area contributed by atoms with Crippen LogP contribution >= 0.6 is 0 Å². The Morgan fingerprint density at radius 2 is 1.71 bits per heavy atom. The summed E-state index contributed by atoms with van der Waals surface area (Å²) in [6.07, 6.45) is 1.07. The van der Waals surface area contributed by atoms with Crippen LogP contribution in [0.4, 0.5) is 0 Å². The Hall–Kier alpha value is 0.0900. The second kappa shape index (κ2) is 7.39. The number of rotatable bonds is 2. The summed E-state index contributed by atoms with van der Waals surface area (Å²) in [5.41, 5.74) is -0.652. The van der Waals surface area contributed by atoms with E-state index >= 15 is 0 Å². The van der Waals surface area contributed by atoms with E-state index in [0.717, 1.165) is 18.3 Å². The molecule has 0 unspecified atom stereocenters. The summed E-state index contributed by atoms with van der Waals surface area (Å²) in [4.78, 5) is 23.8. The number of carboxylic acid groups (broad SMARTS) is 2. The first kappa shape index (κ1) is 16.5. The van der Waals surface area contributed by atoms with E-state index in [0.29, 0.717) is 0 Å². The van der Waals surface area contributed by atoms with Gasteiger partial charge in [-0.25, -0.2) is 0 Å². The fraction of sp³-hybridized carbons (Fsp3) is 0. The number of carbonyl (C=O) groups excluding carboxylic acids is 2. The molecule has 0 atom stereocenters. The summed E-state index contributed by atoms with van der Waals surface area (Å²) in [7, 11) is 0. The molecule has 0 radical (unpaired) electrons. The molecule has 0 amide bonds. The van der Waals surface area contributed by atoms with Crippen molar-refractivity contribution in [1.29, 1.82) is 0 Å². The molecular formula is C7H3NNa2O4. The van der Waals surface area contributed by atoms with Crippen molar-refractivity contribution in [2.45, 2.75) is 0 Å². The third-order valence-electron chi connectivity index (χ3n) is 1.20. The van der Waals surface area contributed by atoms with E-state index in [2.05, 4.69) is 4.98 Å². The molecule has 1 heterocycles. The normalized spacial score (nSPS) is 8.00. The molecule has 0 spiro atoms. The summed E-state index contributed by atoms with van der Waals surface area (Å²) in [6.45, 7) is 0. The Balaban J connectivity index is 0. The van der Waals surface area contributed by atoms with Gasteiger partial charge in [0.15, 0.2) is 0 Å². The van der Waals surface area contributed by atoms with Crippen molar-refractivity contribution in [2.24, 2.45) is 0 Å². The van der Waals surface area contributed by atoms with Gasteiger partial charge in [-0.1, -0.05) is 0 Å². The average molecular weight is 211 g/mol. The van der Waals surface area contributed by atoms with Gasteiger partial charge >= 0.3 is 59.1 Å². The second-order valence-corrected chi connectivity index (χ2v) is 2.00. The Labute approximate surface area is 124 Å². The number of aromatic nitrogens is 1. The van der Waals surface area contributed by atoms with Gasteiger partial charge in [-0.15, -0.1) is 0 Å². The van der Waals surface area contributed by atoms with Crippen LogP contribution in [0.5, 0.6) is 0 Å². The molecule has 0 aliphatic heterocycles.